The minimum atomic E-state index is -0.0947. The quantitative estimate of drug-likeness (QED) is 0.773. The molecule has 0 spiro atoms. The van der Waals surface area contributed by atoms with Gasteiger partial charge in [0.1, 0.15) is 0 Å². The molecule has 0 bridgehead atoms. The smallest absolute Gasteiger partial charge is 0.257 e. The number of hydrogen-bond acceptors (Lipinski definition) is 2. The summed E-state index contributed by atoms with van der Waals surface area (Å²) in [6.45, 7) is 4.51. The number of likely N-dealkylation sites (tertiary alicyclic amines) is 1. The van der Waals surface area contributed by atoms with Crippen LogP contribution in [-0.4, -0.2) is 27.5 Å². The van der Waals surface area contributed by atoms with Crippen LogP contribution in [-0.2, 0) is 6.54 Å². The van der Waals surface area contributed by atoms with Gasteiger partial charge in [0, 0.05) is 35.8 Å². The number of aromatic amines is 2. The Balaban J connectivity index is 1.64. The monoisotopic (exact) mass is 320 g/mol. The number of fused-ring (bicyclic) bond motifs is 1. The van der Waals surface area contributed by atoms with Gasteiger partial charge >= 0.3 is 0 Å². The predicted octanol–water partition coefficient (Wildman–Crippen LogP) is 3.70. The summed E-state index contributed by atoms with van der Waals surface area (Å²) >= 11 is 0. The first-order valence-corrected chi connectivity index (χ1v) is 8.65. The molecule has 4 rings (SSSR count). The van der Waals surface area contributed by atoms with Crippen molar-refractivity contribution in [2.45, 2.75) is 38.8 Å². The molecule has 1 aliphatic rings. The average molecular weight is 320 g/mol. The van der Waals surface area contributed by atoms with Crippen LogP contribution in [0.4, 0.5) is 0 Å². The van der Waals surface area contributed by atoms with Crippen LogP contribution in [0.2, 0.25) is 0 Å². The van der Waals surface area contributed by atoms with Crippen LogP contribution >= 0.6 is 0 Å². The van der Waals surface area contributed by atoms with Crippen molar-refractivity contribution < 1.29 is 0 Å². The lowest BCUT2D eigenvalue weighted by Gasteiger charge is -2.33. The van der Waals surface area contributed by atoms with Gasteiger partial charge in [-0.25, -0.2) is 0 Å². The third-order valence-corrected chi connectivity index (χ3v) is 5.06. The SMILES string of the molecule is C[C@@H]1CCCCN1Cc1ccc2[nH]c(-c3c[c]c[nH]c3=O)cc2c1. The number of piperidine rings is 1. The Hall–Kier alpha value is -2.33. The zero-order valence-corrected chi connectivity index (χ0v) is 13.9. The molecule has 123 valence electrons. The number of pyridine rings is 1. The highest BCUT2D eigenvalue weighted by atomic mass is 16.1. The van der Waals surface area contributed by atoms with Crippen molar-refractivity contribution in [1.29, 1.82) is 0 Å². The molecule has 0 amide bonds. The van der Waals surface area contributed by atoms with Gasteiger partial charge in [-0.1, -0.05) is 12.5 Å². The number of nitrogens with zero attached hydrogens (tertiary/aromatic N) is 1. The fourth-order valence-corrected chi connectivity index (χ4v) is 3.63. The van der Waals surface area contributed by atoms with E-state index in [0.29, 0.717) is 11.6 Å². The summed E-state index contributed by atoms with van der Waals surface area (Å²) in [5.74, 6) is 0. The Labute approximate surface area is 141 Å². The van der Waals surface area contributed by atoms with E-state index in [2.05, 4.69) is 52.1 Å². The molecule has 3 heterocycles. The van der Waals surface area contributed by atoms with E-state index in [9.17, 15) is 4.79 Å². The van der Waals surface area contributed by atoms with Gasteiger partial charge in [-0.3, -0.25) is 9.69 Å². The summed E-state index contributed by atoms with van der Waals surface area (Å²) in [6.07, 6.45) is 5.48. The van der Waals surface area contributed by atoms with E-state index in [-0.39, 0.29) is 5.56 Å². The molecule has 2 N–H and O–H groups in total. The van der Waals surface area contributed by atoms with Gasteiger partial charge in [-0.05, 0) is 56.1 Å². The Morgan fingerprint density at radius 3 is 3.04 bits per heavy atom. The van der Waals surface area contributed by atoms with Crippen LogP contribution in [0.15, 0.2) is 41.3 Å². The van der Waals surface area contributed by atoms with E-state index in [0.717, 1.165) is 23.1 Å². The summed E-state index contributed by atoms with van der Waals surface area (Å²) in [5.41, 5.74) is 3.76. The van der Waals surface area contributed by atoms with Crippen LogP contribution < -0.4 is 5.56 Å². The van der Waals surface area contributed by atoms with Gasteiger partial charge in [0.2, 0.25) is 0 Å². The fourth-order valence-electron chi connectivity index (χ4n) is 3.63. The van der Waals surface area contributed by atoms with Gasteiger partial charge in [0.05, 0.1) is 11.3 Å². The molecule has 4 heteroatoms. The fraction of sp³-hybridized carbons (Fsp3) is 0.350. The molecule has 0 saturated carbocycles. The third kappa shape index (κ3) is 2.89. The molecule has 24 heavy (non-hydrogen) atoms. The van der Waals surface area contributed by atoms with E-state index >= 15 is 0 Å². The first kappa shape index (κ1) is 15.2. The highest BCUT2D eigenvalue weighted by Gasteiger charge is 2.18. The van der Waals surface area contributed by atoms with Gasteiger partial charge < -0.3 is 9.97 Å². The molecule has 1 fully saturated rings. The van der Waals surface area contributed by atoms with Crippen LogP contribution in [0.3, 0.4) is 0 Å². The van der Waals surface area contributed by atoms with Gasteiger partial charge in [0.25, 0.3) is 5.56 Å². The molecular weight excluding hydrogens is 298 g/mol. The molecule has 1 aliphatic heterocycles. The summed E-state index contributed by atoms with van der Waals surface area (Å²) < 4.78 is 0. The first-order valence-electron chi connectivity index (χ1n) is 8.65. The second-order valence-electron chi connectivity index (χ2n) is 6.76. The van der Waals surface area contributed by atoms with Crippen LogP contribution in [0, 0.1) is 6.07 Å². The van der Waals surface area contributed by atoms with E-state index in [1.165, 1.54) is 37.6 Å². The zero-order valence-electron chi connectivity index (χ0n) is 13.9. The summed E-state index contributed by atoms with van der Waals surface area (Å²) in [4.78, 5) is 20.5. The number of hydrogen-bond donors (Lipinski definition) is 2. The molecule has 1 atom stereocenters. The average Bonchev–Trinajstić information content (AvgIpc) is 3.00. The highest BCUT2D eigenvalue weighted by Crippen LogP contribution is 2.25. The van der Waals surface area contributed by atoms with E-state index in [4.69, 9.17) is 0 Å². The Kier molecular flexibility index (Phi) is 3.98. The summed E-state index contributed by atoms with van der Waals surface area (Å²) in [5, 5.41) is 1.15. The van der Waals surface area contributed by atoms with Crippen molar-refractivity contribution in [3.63, 3.8) is 0 Å². The summed E-state index contributed by atoms with van der Waals surface area (Å²) in [6, 6.07) is 13.9. The van der Waals surface area contributed by atoms with Crippen LogP contribution in [0.25, 0.3) is 22.2 Å². The van der Waals surface area contributed by atoms with E-state index in [1.54, 1.807) is 6.07 Å². The number of nitrogens with one attached hydrogen (secondary N) is 2. The van der Waals surface area contributed by atoms with Crippen molar-refractivity contribution in [1.82, 2.24) is 14.9 Å². The molecule has 3 aromatic rings. The predicted molar refractivity (Wildman–Crippen MR) is 96.9 cm³/mol. The molecule has 0 unspecified atom stereocenters. The second kappa shape index (κ2) is 6.29. The Morgan fingerprint density at radius 1 is 1.29 bits per heavy atom. The van der Waals surface area contributed by atoms with Crippen molar-refractivity contribution in [3.8, 4) is 11.3 Å². The molecule has 1 radical (unpaired) electrons. The highest BCUT2D eigenvalue weighted by molar-refractivity contribution is 5.86. The Bertz CT molecular complexity index is 908. The maximum absolute atomic E-state index is 12.0. The van der Waals surface area contributed by atoms with Gasteiger partial charge in [0.15, 0.2) is 0 Å². The number of rotatable bonds is 3. The van der Waals surface area contributed by atoms with E-state index < -0.39 is 0 Å². The minimum absolute atomic E-state index is 0.0947. The summed E-state index contributed by atoms with van der Waals surface area (Å²) in [7, 11) is 0. The lowest BCUT2D eigenvalue weighted by atomic mass is 10.0. The molecule has 1 aromatic carbocycles. The normalized spacial score (nSPS) is 19.0. The molecule has 0 aliphatic carbocycles. The van der Waals surface area contributed by atoms with Crippen molar-refractivity contribution >= 4 is 10.9 Å². The second-order valence-corrected chi connectivity index (χ2v) is 6.76. The standard InChI is InChI=1S/C20H22N3O/c1-14-5-2-3-10-23(14)13-15-7-8-18-16(11-15)12-19(22-18)17-6-4-9-21-20(17)24/h6-9,11-12,14,22H,2-3,5,10,13H2,1H3,(H,21,24)/t14-/m1/s1. The lowest BCUT2D eigenvalue weighted by molar-refractivity contribution is 0.152. The largest absolute Gasteiger partial charge is 0.354 e. The third-order valence-electron chi connectivity index (χ3n) is 5.06. The van der Waals surface area contributed by atoms with Crippen molar-refractivity contribution in [2.75, 3.05) is 6.54 Å². The zero-order chi connectivity index (χ0) is 16.5. The van der Waals surface area contributed by atoms with Crippen molar-refractivity contribution in [2.24, 2.45) is 0 Å². The molecule has 1 saturated heterocycles. The number of benzene rings is 1. The van der Waals surface area contributed by atoms with Crippen LogP contribution in [0.5, 0.6) is 0 Å². The maximum atomic E-state index is 12.0. The number of H-pyrrole nitrogens is 2. The lowest BCUT2D eigenvalue weighted by Crippen LogP contribution is -2.36. The molecule has 4 nitrogen and oxygen atoms in total. The van der Waals surface area contributed by atoms with E-state index in [1.807, 2.05) is 0 Å². The van der Waals surface area contributed by atoms with Crippen LogP contribution in [0.1, 0.15) is 31.7 Å². The molecular formula is C20H22N3O. The molecule has 2 aromatic heterocycles. The Morgan fingerprint density at radius 2 is 2.21 bits per heavy atom. The number of aromatic nitrogens is 2. The maximum Gasteiger partial charge on any atom is 0.257 e. The van der Waals surface area contributed by atoms with Gasteiger partial charge in [-0.2, -0.15) is 0 Å². The minimum Gasteiger partial charge on any atom is -0.354 e. The topological polar surface area (TPSA) is 51.9 Å². The van der Waals surface area contributed by atoms with Gasteiger partial charge in [-0.15, -0.1) is 0 Å². The first-order chi connectivity index (χ1) is 11.7. The van der Waals surface area contributed by atoms with Crippen molar-refractivity contribution in [3.05, 3.63) is 58.5 Å².